The van der Waals surface area contributed by atoms with Crippen molar-refractivity contribution in [2.45, 2.75) is 40.5 Å². The van der Waals surface area contributed by atoms with E-state index in [9.17, 15) is 0 Å². The molecule has 0 N–H and O–H groups in total. The first kappa shape index (κ1) is 13.1. The molecule has 0 spiro atoms. The van der Waals surface area contributed by atoms with Crippen molar-refractivity contribution < 1.29 is 0 Å². The molecule has 0 radical (unpaired) electrons. The lowest BCUT2D eigenvalue weighted by molar-refractivity contribution is 0.377. The topological polar surface area (TPSA) is 0 Å². The molecule has 11 heavy (non-hydrogen) atoms. The Morgan fingerprint density at radius 2 is 1.27 bits per heavy atom. The van der Waals surface area contributed by atoms with E-state index in [1.165, 1.54) is 0 Å². The first-order chi connectivity index (χ1) is 5.12. The van der Waals surface area contributed by atoms with Crippen LogP contribution in [-0.2, 0) is 0 Å². The highest BCUT2D eigenvalue weighted by Gasteiger charge is 2.12. The lowest BCUT2D eigenvalue weighted by Gasteiger charge is -2.19. The van der Waals surface area contributed by atoms with Crippen LogP contribution in [0.3, 0.4) is 0 Å². The third-order valence-corrected chi connectivity index (χ3v) is 1.39. The Morgan fingerprint density at radius 3 is 1.45 bits per heavy atom. The molecule has 0 amide bonds. The highest BCUT2D eigenvalue weighted by atomic mass is 14.2. The molecule has 0 fully saturated rings. The summed E-state index contributed by atoms with van der Waals surface area (Å²) in [7, 11) is 0. The minimum atomic E-state index is 0.365. The van der Waals surface area contributed by atoms with Gasteiger partial charge in [-0.2, -0.15) is 0 Å². The van der Waals surface area contributed by atoms with Gasteiger partial charge in [0.2, 0.25) is 0 Å². The Hall–Kier alpha value is -0.520. The summed E-state index contributed by atoms with van der Waals surface area (Å²) in [5, 5.41) is 0. The maximum absolute atomic E-state index is 3.69. The van der Waals surface area contributed by atoms with Gasteiger partial charge >= 0.3 is 0 Å². The van der Waals surface area contributed by atoms with Gasteiger partial charge in [-0.05, 0) is 18.3 Å². The van der Waals surface area contributed by atoms with Crippen LogP contribution >= 0.6 is 0 Å². The minimum absolute atomic E-state index is 0.365. The lowest BCUT2D eigenvalue weighted by Crippen LogP contribution is -2.07. The summed E-state index contributed by atoms with van der Waals surface area (Å²) in [4.78, 5) is 0. The number of allylic oxidation sites excluding steroid dienone is 2. The second-order valence-corrected chi connectivity index (χ2v) is 3.15. The molecule has 0 nitrogen and oxygen atoms in total. The van der Waals surface area contributed by atoms with Crippen LogP contribution in [0.4, 0.5) is 0 Å². The van der Waals surface area contributed by atoms with Gasteiger partial charge in [-0.15, -0.1) is 13.2 Å². The third-order valence-electron chi connectivity index (χ3n) is 1.39. The van der Waals surface area contributed by atoms with Crippen molar-refractivity contribution in [3.63, 3.8) is 0 Å². The van der Waals surface area contributed by atoms with Crippen LogP contribution in [-0.4, -0.2) is 0 Å². The quantitative estimate of drug-likeness (QED) is 0.533. The molecule has 0 aliphatic rings. The van der Waals surface area contributed by atoms with Crippen LogP contribution in [0.5, 0.6) is 0 Å². The monoisotopic (exact) mass is 154 g/mol. The Labute approximate surface area is 72.0 Å². The summed E-state index contributed by atoms with van der Waals surface area (Å²) in [5.74, 6) is 0. The predicted octanol–water partition coefficient (Wildman–Crippen LogP) is 4.19. The fourth-order valence-corrected chi connectivity index (χ4v) is 0.865. The van der Waals surface area contributed by atoms with Crippen molar-refractivity contribution >= 4 is 0 Å². The fraction of sp³-hybridized carbons (Fsp3) is 0.636. The average molecular weight is 154 g/mol. The molecule has 0 saturated carbocycles. The van der Waals surface area contributed by atoms with Gasteiger partial charge in [-0.1, -0.05) is 39.8 Å². The lowest BCUT2D eigenvalue weighted by atomic mass is 9.86. The zero-order valence-corrected chi connectivity index (χ0v) is 8.48. The van der Waals surface area contributed by atoms with Crippen molar-refractivity contribution in [2.24, 2.45) is 5.41 Å². The smallest absolute Gasteiger partial charge is 0.0285 e. The van der Waals surface area contributed by atoms with Gasteiger partial charge in [-0.3, -0.25) is 0 Å². The molecular formula is C11H22. The molecule has 0 aliphatic carbocycles. The van der Waals surface area contributed by atoms with Crippen LogP contribution in [0.15, 0.2) is 25.3 Å². The average Bonchev–Trinajstić information content (AvgIpc) is 1.91. The van der Waals surface area contributed by atoms with Gasteiger partial charge in [0, 0.05) is 0 Å². The largest absolute Gasteiger partial charge is 0.103 e. The van der Waals surface area contributed by atoms with Gasteiger partial charge < -0.3 is 0 Å². The molecule has 0 aromatic carbocycles. The van der Waals surface area contributed by atoms with Crippen molar-refractivity contribution in [1.82, 2.24) is 0 Å². The Balaban J connectivity index is 0. The van der Waals surface area contributed by atoms with E-state index < -0.39 is 0 Å². The summed E-state index contributed by atoms with van der Waals surface area (Å²) in [6.07, 6.45) is 6.06. The first-order valence-electron chi connectivity index (χ1n) is 4.34. The van der Waals surface area contributed by atoms with Crippen LogP contribution in [0.2, 0.25) is 0 Å². The molecule has 0 heterocycles. The molecule has 0 heteroatoms. The van der Waals surface area contributed by atoms with Crippen LogP contribution in [0.1, 0.15) is 40.5 Å². The highest BCUT2D eigenvalue weighted by molar-refractivity contribution is 4.85. The summed E-state index contributed by atoms with van der Waals surface area (Å²) in [5.41, 5.74) is 0.365. The van der Waals surface area contributed by atoms with E-state index in [1.807, 2.05) is 26.0 Å². The van der Waals surface area contributed by atoms with Gasteiger partial charge in [-0.25, -0.2) is 0 Å². The van der Waals surface area contributed by atoms with E-state index in [2.05, 4.69) is 27.0 Å². The highest BCUT2D eigenvalue weighted by Crippen LogP contribution is 2.24. The molecule has 0 bridgehead atoms. The standard InChI is InChI=1S/C9H16.C2H6/c1-5-7-9(3,4)8-6-2;1-2/h5-6H,1-2,7-8H2,3-4H3;1-2H3. The third kappa shape index (κ3) is 9.48. The molecule has 0 unspecified atom stereocenters. The van der Waals surface area contributed by atoms with Crippen LogP contribution < -0.4 is 0 Å². The molecule has 0 atom stereocenters. The summed E-state index contributed by atoms with van der Waals surface area (Å²) >= 11 is 0. The van der Waals surface area contributed by atoms with Crippen LogP contribution in [0, 0.1) is 5.41 Å². The molecule has 0 aliphatic heterocycles. The molecule has 0 saturated heterocycles. The summed E-state index contributed by atoms with van der Waals surface area (Å²) in [6.45, 7) is 15.8. The Morgan fingerprint density at radius 1 is 1.00 bits per heavy atom. The van der Waals surface area contributed by atoms with E-state index in [0.29, 0.717) is 5.41 Å². The zero-order valence-electron chi connectivity index (χ0n) is 8.48. The van der Waals surface area contributed by atoms with Gasteiger partial charge in [0.15, 0.2) is 0 Å². The first-order valence-corrected chi connectivity index (χ1v) is 4.34. The Bertz CT molecular complexity index is 86.6. The SMILES string of the molecule is C=CCC(C)(C)CC=C.CC. The number of hydrogen-bond donors (Lipinski definition) is 0. The summed E-state index contributed by atoms with van der Waals surface area (Å²) < 4.78 is 0. The van der Waals surface area contributed by atoms with Gasteiger partial charge in [0.1, 0.15) is 0 Å². The minimum Gasteiger partial charge on any atom is -0.103 e. The fourth-order valence-electron chi connectivity index (χ4n) is 0.865. The maximum Gasteiger partial charge on any atom is -0.0285 e. The van der Waals surface area contributed by atoms with E-state index in [0.717, 1.165) is 12.8 Å². The Kier molecular flexibility index (Phi) is 9.03. The van der Waals surface area contributed by atoms with E-state index in [-0.39, 0.29) is 0 Å². The maximum atomic E-state index is 3.69. The summed E-state index contributed by atoms with van der Waals surface area (Å²) in [6, 6.07) is 0. The van der Waals surface area contributed by atoms with E-state index >= 15 is 0 Å². The van der Waals surface area contributed by atoms with Crippen molar-refractivity contribution in [1.29, 1.82) is 0 Å². The molecule has 66 valence electrons. The molecular weight excluding hydrogens is 132 g/mol. The normalized spacial score (nSPS) is 9.45. The number of hydrogen-bond acceptors (Lipinski definition) is 0. The van der Waals surface area contributed by atoms with E-state index in [1.54, 1.807) is 0 Å². The van der Waals surface area contributed by atoms with Gasteiger partial charge in [0.25, 0.3) is 0 Å². The van der Waals surface area contributed by atoms with Crippen LogP contribution in [0.25, 0.3) is 0 Å². The van der Waals surface area contributed by atoms with Crippen molar-refractivity contribution in [3.05, 3.63) is 25.3 Å². The molecule has 0 rings (SSSR count). The van der Waals surface area contributed by atoms with Crippen molar-refractivity contribution in [2.75, 3.05) is 0 Å². The second kappa shape index (κ2) is 7.59. The molecule has 0 aromatic rings. The predicted molar refractivity (Wildman–Crippen MR) is 54.8 cm³/mol. The number of rotatable bonds is 4. The zero-order chi connectivity index (χ0) is 9.33. The second-order valence-electron chi connectivity index (χ2n) is 3.15. The molecule has 0 aromatic heterocycles. The van der Waals surface area contributed by atoms with E-state index in [4.69, 9.17) is 0 Å². The van der Waals surface area contributed by atoms with Gasteiger partial charge in [0.05, 0.1) is 0 Å². The van der Waals surface area contributed by atoms with Crippen molar-refractivity contribution in [3.8, 4) is 0 Å².